The molecule has 0 heterocycles. The summed E-state index contributed by atoms with van der Waals surface area (Å²) in [4.78, 5) is 0. The van der Waals surface area contributed by atoms with Gasteiger partial charge in [0.2, 0.25) is 0 Å². The Bertz CT molecular complexity index is 359. The lowest BCUT2D eigenvalue weighted by Crippen LogP contribution is -2.39. The van der Waals surface area contributed by atoms with Crippen LogP contribution in [-0.2, 0) is 12.0 Å². The summed E-state index contributed by atoms with van der Waals surface area (Å²) in [7, 11) is 0. The minimum absolute atomic E-state index is 0.156. The van der Waals surface area contributed by atoms with Gasteiger partial charge in [-0.3, -0.25) is 0 Å². The van der Waals surface area contributed by atoms with E-state index in [-0.39, 0.29) is 11.4 Å². The van der Waals surface area contributed by atoms with Gasteiger partial charge in [-0.1, -0.05) is 19.9 Å². The first-order valence-electron chi connectivity index (χ1n) is 5.12. The Hall–Kier alpha value is -0.890. The summed E-state index contributed by atoms with van der Waals surface area (Å²) in [6, 6.07) is 4.97. The predicted octanol–water partition coefficient (Wildman–Crippen LogP) is 2.58. The smallest absolute Gasteiger partial charge is 0.123 e. The largest absolute Gasteiger partial charge is 0.321 e. The van der Waals surface area contributed by atoms with E-state index in [4.69, 9.17) is 5.73 Å². The number of fused-ring (bicyclic) bond motifs is 1. The molecule has 2 heteroatoms. The van der Waals surface area contributed by atoms with Crippen molar-refractivity contribution in [1.82, 2.24) is 0 Å². The van der Waals surface area contributed by atoms with E-state index in [0.29, 0.717) is 5.92 Å². The quantitative estimate of drug-likeness (QED) is 0.729. The van der Waals surface area contributed by atoms with Crippen LogP contribution in [0.15, 0.2) is 18.2 Å². The highest BCUT2D eigenvalue weighted by molar-refractivity contribution is 5.39. The van der Waals surface area contributed by atoms with E-state index in [9.17, 15) is 4.39 Å². The van der Waals surface area contributed by atoms with Crippen LogP contribution >= 0.6 is 0 Å². The maximum Gasteiger partial charge on any atom is 0.123 e. The third-order valence-electron chi connectivity index (χ3n) is 3.41. The summed E-state index contributed by atoms with van der Waals surface area (Å²) in [5.41, 5.74) is 8.31. The van der Waals surface area contributed by atoms with Crippen LogP contribution in [0.2, 0.25) is 0 Å². The summed E-state index contributed by atoms with van der Waals surface area (Å²) in [6.45, 7) is 4.25. The third kappa shape index (κ3) is 1.25. The van der Waals surface area contributed by atoms with Crippen molar-refractivity contribution in [1.29, 1.82) is 0 Å². The summed E-state index contributed by atoms with van der Waals surface area (Å²) in [6.07, 6.45) is 1.84. The van der Waals surface area contributed by atoms with Gasteiger partial charge < -0.3 is 5.73 Å². The molecule has 0 radical (unpaired) electrons. The Morgan fingerprint density at radius 2 is 2.14 bits per heavy atom. The fraction of sp³-hybridized carbons (Fsp3) is 0.500. The van der Waals surface area contributed by atoms with Crippen LogP contribution in [-0.4, -0.2) is 0 Å². The molecule has 1 aromatic carbocycles. The zero-order chi connectivity index (χ0) is 10.3. The molecule has 0 amide bonds. The number of nitrogens with two attached hydrogens (primary N) is 1. The Kier molecular flexibility index (Phi) is 2.11. The second kappa shape index (κ2) is 3.06. The highest BCUT2D eigenvalue weighted by Gasteiger charge is 2.37. The van der Waals surface area contributed by atoms with Crippen LogP contribution in [0.5, 0.6) is 0 Å². The van der Waals surface area contributed by atoms with Gasteiger partial charge >= 0.3 is 0 Å². The summed E-state index contributed by atoms with van der Waals surface area (Å²) in [5, 5.41) is 0. The molecule has 1 atom stereocenters. The number of benzene rings is 1. The first-order chi connectivity index (χ1) is 6.54. The van der Waals surface area contributed by atoms with E-state index in [2.05, 4.69) is 13.8 Å². The molecule has 0 saturated carbocycles. The molecule has 14 heavy (non-hydrogen) atoms. The first-order valence-corrected chi connectivity index (χ1v) is 5.12. The molecule has 1 unspecified atom stereocenters. The van der Waals surface area contributed by atoms with Crippen LogP contribution in [0, 0.1) is 11.7 Å². The van der Waals surface area contributed by atoms with Gasteiger partial charge in [-0.05, 0) is 42.0 Å². The maximum absolute atomic E-state index is 13.0. The molecule has 0 saturated heterocycles. The van der Waals surface area contributed by atoms with Crippen molar-refractivity contribution >= 4 is 0 Å². The Morgan fingerprint density at radius 3 is 2.79 bits per heavy atom. The van der Waals surface area contributed by atoms with Gasteiger partial charge in [-0.2, -0.15) is 0 Å². The lowest BCUT2D eigenvalue weighted by atomic mass is 9.82. The zero-order valence-corrected chi connectivity index (χ0v) is 8.68. The number of aryl methyl sites for hydroxylation is 1. The van der Waals surface area contributed by atoms with Gasteiger partial charge in [0.1, 0.15) is 5.82 Å². The Labute approximate surface area is 84.1 Å². The Balaban J connectivity index is 2.49. The van der Waals surface area contributed by atoms with E-state index in [1.807, 2.05) is 6.07 Å². The van der Waals surface area contributed by atoms with Gasteiger partial charge in [-0.25, -0.2) is 4.39 Å². The zero-order valence-electron chi connectivity index (χ0n) is 8.68. The molecule has 0 aromatic heterocycles. The van der Waals surface area contributed by atoms with Gasteiger partial charge in [0, 0.05) is 5.54 Å². The van der Waals surface area contributed by atoms with Gasteiger partial charge in [0.05, 0.1) is 0 Å². The number of rotatable bonds is 1. The molecule has 1 aliphatic rings. The van der Waals surface area contributed by atoms with E-state index < -0.39 is 0 Å². The van der Waals surface area contributed by atoms with Crippen molar-refractivity contribution in [2.75, 3.05) is 0 Å². The average molecular weight is 193 g/mol. The molecule has 1 aliphatic carbocycles. The van der Waals surface area contributed by atoms with Crippen molar-refractivity contribution in [3.05, 3.63) is 35.1 Å². The molecule has 76 valence electrons. The van der Waals surface area contributed by atoms with Crippen molar-refractivity contribution in [3.63, 3.8) is 0 Å². The van der Waals surface area contributed by atoms with Crippen LogP contribution < -0.4 is 5.73 Å². The average Bonchev–Trinajstić information content (AvgIpc) is 2.45. The molecular formula is C12H16FN. The SMILES string of the molecule is CC(C)C1(N)CCc2cc(F)ccc21. The van der Waals surface area contributed by atoms with Crippen molar-refractivity contribution in [3.8, 4) is 0 Å². The van der Waals surface area contributed by atoms with Gasteiger partial charge in [0.15, 0.2) is 0 Å². The number of hydrogen-bond acceptors (Lipinski definition) is 1. The fourth-order valence-corrected chi connectivity index (χ4v) is 2.30. The second-order valence-electron chi connectivity index (χ2n) is 4.50. The van der Waals surface area contributed by atoms with Crippen LogP contribution in [0.4, 0.5) is 4.39 Å². The van der Waals surface area contributed by atoms with E-state index >= 15 is 0 Å². The minimum atomic E-state index is -0.247. The summed E-state index contributed by atoms with van der Waals surface area (Å²) >= 11 is 0. The molecular weight excluding hydrogens is 177 g/mol. The summed E-state index contributed by atoms with van der Waals surface area (Å²) < 4.78 is 13.0. The van der Waals surface area contributed by atoms with Crippen molar-refractivity contribution in [2.24, 2.45) is 11.7 Å². The first kappa shape index (κ1) is 9.66. The standard InChI is InChI=1S/C12H16FN/c1-8(2)12(14)6-5-9-7-10(13)3-4-11(9)12/h3-4,7-8H,5-6,14H2,1-2H3. The summed E-state index contributed by atoms with van der Waals surface area (Å²) in [5.74, 6) is 0.242. The second-order valence-corrected chi connectivity index (χ2v) is 4.50. The molecule has 0 spiro atoms. The normalized spacial score (nSPS) is 25.5. The third-order valence-corrected chi connectivity index (χ3v) is 3.41. The molecule has 0 bridgehead atoms. The lowest BCUT2D eigenvalue weighted by Gasteiger charge is -2.30. The van der Waals surface area contributed by atoms with Crippen molar-refractivity contribution < 1.29 is 4.39 Å². The molecule has 0 fully saturated rings. The number of halogens is 1. The molecule has 2 N–H and O–H groups in total. The van der Waals surface area contributed by atoms with E-state index in [0.717, 1.165) is 24.0 Å². The molecule has 1 nitrogen and oxygen atoms in total. The van der Waals surface area contributed by atoms with Crippen LogP contribution in [0.3, 0.4) is 0 Å². The van der Waals surface area contributed by atoms with Crippen LogP contribution in [0.25, 0.3) is 0 Å². The monoisotopic (exact) mass is 193 g/mol. The van der Waals surface area contributed by atoms with E-state index in [1.54, 1.807) is 6.07 Å². The molecule has 1 aromatic rings. The lowest BCUT2D eigenvalue weighted by molar-refractivity contribution is 0.316. The predicted molar refractivity (Wildman–Crippen MR) is 55.4 cm³/mol. The molecule has 0 aliphatic heterocycles. The topological polar surface area (TPSA) is 26.0 Å². The van der Waals surface area contributed by atoms with E-state index in [1.165, 1.54) is 6.07 Å². The van der Waals surface area contributed by atoms with Gasteiger partial charge in [0.25, 0.3) is 0 Å². The van der Waals surface area contributed by atoms with Gasteiger partial charge in [-0.15, -0.1) is 0 Å². The van der Waals surface area contributed by atoms with Crippen molar-refractivity contribution in [2.45, 2.75) is 32.2 Å². The minimum Gasteiger partial charge on any atom is -0.321 e. The Morgan fingerprint density at radius 1 is 1.43 bits per heavy atom. The maximum atomic E-state index is 13.0. The fourth-order valence-electron chi connectivity index (χ4n) is 2.30. The number of hydrogen-bond donors (Lipinski definition) is 1. The highest BCUT2D eigenvalue weighted by Crippen LogP contribution is 2.40. The molecule has 2 rings (SSSR count). The van der Waals surface area contributed by atoms with Crippen LogP contribution in [0.1, 0.15) is 31.4 Å². The highest BCUT2D eigenvalue weighted by atomic mass is 19.1.